The van der Waals surface area contributed by atoms with Crippen molar-refractivity contribution in [1.29, 1.82) is 0 Å². The van der Waals surface area contributed by atoms with Crippen LogP contribution in [0.4, 0.5) is 13.2 Å². The zero-order valence-corrected chi connectivity index (χ0v) is 13.6. The Morgan fingerprint density at radius 1 is 1.47 bits per heavy atom. The Labute approximate surface area is 129 Å². The number of hydrogen-bond donors (Lipinski definition) is 1. The first-order chi connectivity index (χ1) is 8.92. The molecule has 1 aliphatic heterocycles. The highest BCUT2D eigenvalue weighted by atomic mass is 127. The first-order valence-corrected chi connectivity index (χ1v) is 7.64. The number of nitrogens with zero attached hydrogens (tertiary/aromatic N) is 1. The molecule has 1 N–H and O–H groups in total. The molecule has 19 heavy (non-hydrogen) atoms. The third kappa shape index (κ3) is 7.90. The normalized spacial score (nSPS) is 24.9. The molecule has 0 aromatic rings. The van der Waals surface area contributed by atoms with Crippen molar-refractivity contribution < 1.29 is 20.4 Å². The highest BCUT2D eigenvalue weighted by molar-refractivity contribution is 14.1. The van der Waals surface area contributed by atoms with Gasteiger partial charge in [0.05, 0.1) is 31.5 Å². The minimum Gasteiger partial charge on any atom is -0.377 e. The first kappa shape index (κ1) is 17.8. The maximum Gasteiger partial charge on any atom is 0.401 e. The topological polar surface area (TPSA) is 33.7 Å². The summed E-state index contributed by atoms with van der Waals surface area (Å²) >= 11 is 2.71. The standard InChI is InChI=1S/C10H18F3IN2O2S/c1-8-2-3-9(6-17-8)16(7-10(11,12)13)5-4-15-19-18-14/h8-9,15H,2-7H2,1H3/t8-,9+/m0/s1. The predicted octanol–water partition coefficient (Wildman–Crippen LogP) is 2.94. The van der Waals surface area contributed by atoms with Crippen LogP contribution >= 0.6 is 35.2 Å². The minimum absolute atomic E-state index is 0.144. The van der Waals surface area contributed by atoms with Gasteiger partial charge in [0.25, 0.3) is 0 Å². The molecule has 0 aromatic heterocycles. The third-order valence-electron chi connectivity index (χ3n) is 2.97. The van der Waals surface area contributed by atoms with Crippen molar-refractivity contribution in [3.05, 3.63) is 0 Å². The van der Waals surface area contributed by atoms with Gasteiger partial charge in [0.1, 0.15) is 23.0 Å². The van der Waals surface area contributed by atoms with Gasteiger partial charge >= 0.3 is 6.18 Å². The minimum atomic E-state index is -4.18. The molecular weight excluding hydrogens is 396 g/mol. The van der Waals surface area contributed by atoms with E-state index < -0.39 is 12.7 Å². The molecule has 1 heterocycles. The van der Waals surface area contributed by atoms with Gasteiger partial charge in [0.2, 0.25) is 0 Å². The number of nitrogens with one attached hydrogen (secondary N) is 1. The van der Waals surface area contributed by atoms with Crippen LogP contribution < -0.4 is 4.72 Å². The zero-order chi connectivity index (χ0) is 14.3. The number of alkyl halides is 3. The van der Waals surface area contributed by atoms with Crippen molar-refractivity contribution in [3.8, 4) is 0 Å². The van der Waals surface area contributed by atoms with E-state index in [1.807, 2.05) is 6.92 Å². The second kappa shape index (κ2) is 8.88. The summed E-state index contributed by atoms with van der Waals surface area (Å²) in [6.45, 7) is 2.16. The van der Waals surface area contributed by atoms with E-state index in [1.54, 1.807) is 23.0 Å². The van der Waals surface area contributed by atoms with Crippen molar-refractivity contribution in [1.82, 2.24) is 9.62 Å². The Bertz CT molecular complexity index is 253. The fourth-order valence-electron chi connectivity index (χ4n) is 2.03. The molecule has 0 spiro atoms. The molecule has 0 unspecified atom stereocenters. The Hall–Kier alpha value is 0.710. The van der Waals surface area contributed by atoms with Gasteiger partial charge in [-0.1, -0.05) is 0 Å². The highest BCUT2D eigenvalue weighted by Gasteiger charge is 2.35. The quantitative estimate of drug-likeness (QED) is 0.300. The van der Waals surface area contributed by atoms with E-state index in [0.717, 1.165) is 25.1 Å². The Balaban J connectivity index is 2.44. The molecule has 1 fully saturated rings. The average Bonchev–Trinajstić information content (AvgIpc) is 2.33. The van der Waals surface area contributed by atoms with E-state index in [2.05, 4.69) is 4.72 Å². The third-order valence-corrected chi connectivity index (χ3v) is 3.89. The number of ether oxygens (including phenoxy) is 1. The monoisotopic (exact) mass is 414 g/mol. The fraction of sp³-hybridized carbons (Fsp3) is 1.00. The molecular formula is C10H18F3IN2O2S. The van der Waals surface area contributed by atoms with Crippen LogP contribution in [0.15, 0.2) is 0 Å². The van der Waals surface area contributed by atoms with Crippen LogP contribution in [0.5, 0.6) is 0 Å². The lowest BCUT2D eigenvalue weighted by atomic mass is 10.0. The van der Waals surface area contributed by atoms with E-state index in [4.69, 9.17) is 7.25 Å². The molecule has 0 saturated carbocycles. The van der Waals surface area contributed by atoms with Gasteiger partial charge in [0, 0.05) is 19.1 Å². The molecule has 9 heteroatoms. The Morgan fingerprint density at radius 2 is 2.21 bits per heavy atom. The van der Waals surface area contributed by atoms with Crippen molar-refractivity contribution in [2.45, 2.75) is 38.1 Å². The zero-order valence-electron chi connectivity index (χ0n) is 10.6. The van der Waals surface area contributed by atoms with Gasteiger partial charge in [-0.3, -0.25) is 4.90 Å². The summed E-state index contributed by atoms with van der Waals surface area (Å²) in [6, 6.07) is -0.162. The largest absolute Gasteiger partial charge is 0.401 e. The molecule has 0 aliphatic carbocycles. The van der Waals surface area contributed by atoms with Gasteiger partial charge < -0.3 is 4.74 Å². The van der Waals surface area contributed by atoms with Crippen LogP contribution in [0.3, 0.4) is 0 Å². The lowest BCUT2D eigenvalue weighted by Gasteiger charge is -2.36. The fourth-order valence-corrected chi connectivity index (χ4v) is 2.63. The van der Waals surface area contributed by atoms with Gasteiger partial charge in [-0.05, 0) is 19.8 Å². The molecule has 2 atom stereocenters. The summed E-state index contributed by atoms with van der Waals surface area (Å²) in [5, 5.41) is 0. The summed E-state index contributed by atoms with van der Waals surface area (Å²) < 4.78 is 50.7. The summed E-state index contributed by atoms with van der Waals surface area (Å²) in [5.41, 5.74) is 0. The Morgan fingerprint density at radius 3 is 2.74 bits per heavy atom. The molecule has 1 aliphatic rings. The molecule has 0 amide bonds. The highest BCUT2D eigenvalue weighted by Crippen LogP contribution is 2.23. The first-order valence-electron chi connectivity index (χ1n) is 6.02. The molecule has 1 saturated heterocycles. The lowest BCUT2D eigenvalue weighted by molar-refractivity contribution is -0.157. The molecule has 0 bridgehead atoms. The second-order valence-corrected chi connectivity index (χ2v) is 6.16. The van der Waals surface area contributed by atoms with Crippen molar-refractivity contribution in [3.63, 3.8) is 0 Å². The van der Waals surface area contributed by atoms with E-state index >= 15 is 0 Å². The van der Waals surface area contributed by atoms with Gasteiger partial charge in [0.15, 0.2) is 0 Å². The number of halogens is 4. The van der Waals surface area contributed by atoms with Crippen LogP contribution in [0.2, 0.25) is 0 Å². The molecule has 114 valence electrons. The summed E-state index contributed by atoms with van der Waals surface area (Å²) in [4.78, 5) is 1.44. The maximum absolute atomic E-state index is 12.6. The van der Waals surface area contributed by atoms with Crippen molar-refractivity contribution >= 4 is 35.2 Å². The summed E-state index contributed by atoms with van der Waals surface area (Å²) in [5.74, 6) is 0. The number of rotatable bonds is 7. The molecule has 1 rings (SSSR count). The van der Waals surface area contributed by atoms with Crippen LogP contribution in [0, 0.1) is 0 Å². The SMILES string of the molecule is C[C@H]1CC[C@@H](N(CCNSOI)CC(F)(F)F)CO1. The van der Waals surface area contributed by atoms with E-state index in [-0.39, 0.29) is 12.1 Å². The predicted molar refractivity (Wildman–Crippen MR) is 76.8 cm³/mol. The summed E-state index contributed by atoms with van der Waals surface area (Å²) in [7, 11) is 0. The van der Waals surface area contributed by atoms with Crippen LogP contribution in [-0.2, 0) is 7.25 Å². The van der Waals surface area contributed by atoms with E-state index in [9.17, 15) is 13.2 Å². The van der Waals surface area contributed by atoms with Crippen LogP contribution in [0.25, 0.3) is 0 Å². The van der Waals surface area contributed by atoms with Gasteiger partial charge in [-0.25, -0.2) is 7.23 Å². The van der Waals surface area contributed by atoms with Crippen molar-refractivity contribution in [2.75, 3.05) is 26.2 Å². The van der Waals surface area contributed by atoms with Gasteiger partial charge in [-0.2, -0.15) is 13.2 Å². The van der Waals surface area contributed by atoms with Crippen LogP contribution in [0.1, 0.15) is 19.8 Å². The molecule has 0 aromatic carbocycles. The maximum atomic E-state index is 12.6. The second-order valence-electron chi connectivity index (χ2n) is 4.50. The van der Waals surface area contributed by atoms with Crippen LogP contribution in [-0.4, -0.2) is 49.5 Å². The average molecular weight is 414 g/mol. The molecule has 0 radical (unpaired) electrons. The number of hydrogen-bond acceptors (Lipinski definition) is 5. The lowest BCUT2D eigenvalue weighted by Crippen LogP contribution is -2.48. The Kier molecular flexibility index (Phi) is 8.30. The van der Waals surface area contributed by atoms with Crippen molar-refractivity contribution in [2.24, 2.45) is 0 Å². The molecule has 4 nitrogen and oxygen atoms in total. The summed E-state index contributed by atoms with van der Waals surface area (Å²) in [6.07, 6.45) is -2.49. The smallest absolute Gasteiger partial charge is 0.377 e. The van der Waals surface area contributed by atoms with E-state index in [0.29, 0.717) is 19.7 Å². The van der Waals surface area contributed by atoms with Gasteiger partial charge in [-0.15, -0.1) is 0 Å². The van der Waals surface area contributed by atoms with E-state index in [1.165, 1.54) is 4.90 Å².